The van der Waals surface area contributed by atoms with Crippen molar-refractivity contribution in [1.29, 1.82) is 5.26 Å². The fourth-order valence-corrected chi connectivity index (χ4v) is 3.19. The van der Waals surface area contributed by atoms with Crippen LogP contribution in [0.15, 0.2) is 17.2 Å². The summed E-state index contributed by atoms with van der Waals surface area (Å²) in [5.41, 5.74) is -0.0784. The minimum atomic E-state index is -3.81. The van der Waals surface area contributed by atoms with Gasteiger partial charge in [0.15, 0.2) is 0 Å². The average molecular weight is 313 g/mol. The summed E-state index contributed by atoms with van der Waals surface area (Å²) in [6.07, 6.45) is 1.32. The van der Waals surface area contributed by atoms with Crippen LogP contribution in [0.3, 0.4) is 0 Å². The molecule has 0 radical (unpaired) electrons. The van der Waals surface area contributed by atoms with Gasteiger partial charge in [-0.15, -0.1) is 0 Å². The predicted molar refractivity (Wildman–Crippen MR) is 76.4 cm³/mol. The Kier molecular flexibility index (Phi) is 5.15. The minimum Gasteiger partial charge on any atom is -0.477 e. The van der Waals surface area contributed by atoms with Crippen molar-refractivity contribution in [2.24, 2.45) is 5.92 Å². The lowest BCUT2D eigenvalue weighted by atomic mass is 10.2. The molecule has 1 rings (SSSR count). The van der Waals surface area contributed by atoms with Crippen LogP contribution in [0, 0.1) is 17.2 Å². The molecular formula is C13H19N3O4S. The zero-order valence-electron chi connectivity index (χ0n) is 12.4. The molecule has 1 N–H and O–H groups in total. The highest BCUT2D eigenvalue weighted by Crippen LogP contribution is 2.22. The molecule has 8 heteroatoms. The Hall–Kier alpha value is -1.85. The summed E-state index contributed by atoms with van der Waals surface area (Å²) in [6, 6.07) is 2.93. The Bertz CT molecular complexity index is 670. The Labute approximate surface area is 124 Å². The van der Waals surface area contributed by atoms with Crippen LogP contribution in [-0.2, 0) is 10.0 Å². The van der Waals surface area contributed by atoms with Crippen LogP contribution in [0.25, 0.3) is 0 Å². The molecule has 0 amide bonds. The Morgan fingerprint density at radius 2 is 2.05 bits per heavy atom. The van der Waals surface area contributed by atoms with E-state index in [1.807, 2.05) is 6.07 Å². The van der Waals surface area contributed by atoms with E-state index in [9.17, 15) is 13.2 Å². The first-order valence-corrected chi connectivity index (χ1v) is 7.86. The summed E-state index contributed by atoms with van der Waals surface area (Å²) in [7, 11) is -2.44. The van der Waals surface area contributed by atoms with E-state index in [1.54, 1.807) is 20.8 Å². The third-order valence-electron chi connectivity index (χ3n) is 3.06. The van der Waals surface area contributed by atoms with Gasteiger partial charge in [0.05, 0.1) is 12.0 Å². The predicted octanol–water partition coefficient (Wildman–Crippen LogP) is 1.55. The van der Waals surface area contributed by atoms with E-state index >= 15 is 0 Å². The number of aromatic nitrogens is 1. The van der Waals surface area contributed by atoms with E-state index in [0.29, 0.717) is 0 Å². The molecule has 0 bridgehead atoms. The van der Waals surface area contributed by atoms with Gasteiger partial charge >= 0.3 is 5.97 Å². The van der Waals surface area contributed by atoms with Crippen LogP contribution in [0.2, 0.25) is 0 Å². The van der Waals surface area contributed by atoms with Crippen molar-refractivity contribution in [1.82, 2.24) is 8.87 Å². The van der Waals surface area contributed by atoms with E-state index in [1.165, 1.54) is 17.8 Å². The van der Waals surface area contributed by atoms with Crippen LogP contribution in [0.4, 0.5) is 0 Å². The van der Waals surface area contributed by atoms with E-state index in [-0.39, 0.29) is 23.2 Å². The van der Waals surface area contributed by atoms with E-state index in [0.717, 1.165) is 10.4 Å². The highest BCUT2D eigenvalue weighted by Gasteiger charge is 2.27. The number of nitrogens with zero attached hydrogens (tertiary/aromatic N) is 3. The average Bonchev–Trinajstić information content (AvgIpc) is 2.84. The lowest BCUT2D eigenvalue weighted by Crippen LogP contribution is -2.30. The minimum absolute atomic E-state index is 0.0497. The van der Waals surface area contributed by atoms with E-state index in [4.69, 9.17) is 10.4 Å². The third-order valence-corrected chi connectivity index (χ3v) is 4.85. The summed E-state index contributed by atoms with van der Waals surface area (Å²) in [6.45, 7) is 5.21. The highest BCUT2D eigenvalue weighted by molar-refractivity contribution is 7.89. The number of carboxylic acids is 1. The van der Waals surface area contributed by atoms with Crippen molar-refractivity contribution in [2.45, 2.75) is 31.7 Å². The van der Waals surface area contributed by atoms with E-state index in [2.05, 4.69) is 0 Å². The molecule has 1 atom stereocenters. The fourth-order valence-electron chi connectivity index (χ4n) is 1.90. The quantitative estimate of drug-likeness (QED) is 0.858. The van der Waals surface area contributed by atoms with Crippen LogP contribution in [0.1, 0.15) is 37.3 Å². The van der Waals surface area contributed by atoms with Gasteiger partial charge in [-0.2, -0.15) is 9.57 Å². The molecule has 0 aliphatic carbocycles. The lowest BCUT2D eigenvalue weighted by molar-refractivity contribution is 0.0683. The summed E-state index contributed by atoms with van der Waals surface area (Å²) >= 11 is 0. The van der Waals surface area contributed by atoms with Crippen LogP contribution in [-0.4, -0.2) is 42.0 Å². The molecular weight excluding hydrogens is 294 g/mol. The van der Waals surface area contributed by atoms with Crippen LogP contribution >= 0.6 is 0 Å². The van der Waals surface area contributed by atoms with Crippen LogP contribution in [0.5, 0.6) is 0 Å². The molecule has 0 fully saturated rings. The van der Waals surface area contributed by atoms with Gasteiger partial charge in [-0.05, 0) is 26.8 Å². The summed E-state index contributed by atoms with van der Waals surface area (Å²) in [4.78, 5) is 11.1. The molecule has 1 aromatic heterocycles. The van der Waals surface area contributed by atoms with Gasteiger partial charge in [0, 0.05) is 25.8 Å². The van der Waals surface area contributed by atoms with Crippen molar-refractivity contribution in [3.05, 3.63) is 18.0 Å². The third kappa shape index (κ3) is 3.62. The molecule has 21 heavy (non-hydrogen) atoms. The molecule has 1 heterocycles. The molecule has 116 valence electrons. The van der Waals surface area contributed by atoms with Gasteiger partial charge in [-0.25, -0.2) is 13.2 Å². The molecule has 7 nitrogen and oxygen atoms in total. The Balaban J connectivity index is 3.24. The largest absolute Gasteiger partial charge is 0.477 e. The highest BCUT2D eigenvalue weighted by atomic mass is 32.2. The van der Waals surface area contributed by atoms with Crippen molar-refractivity contribution >= 4 is 16.0 Å². The lowest BCUT2D eigenvalue weighted by Gasteiger charge is -2.17. The second-order valence-electron chi connectivity index (χ2n) is 5.18. The maximum Gasteiger partial charge on any atom is 0.352 e. The SMILES string of the molecule is CC(C#N)CN(C)S(=O)(=O)c1cc(C(=O)O)n(C(C)C)c1. The van der Waals surface area contributed by atoms with Gasteiger partial charge in [-0.3, -0.25) is 0 Å². The van der Waals surface area contributed by atoms with Crippen molar-refractivity contribution < 1.29 is 18.3 Å². The number of nitriles is 1. The topological polar surface area (TPSA) is 103 Å². The number of aromatic carboxylic acids is 1. The monoisotopic (exact) mass is 313 g/mol. The summed E-state index contributed by atoms with van der Waals surface area (Å²) in [5, 5.41) is 17.9. The zero-order chi connectivity index (χ0) is 16.4. The number of hydrogen-bond donors (Lipinski definition) is 1. The molecule has 0 saturated carbocycles. The summed E-state index contributed by atoms with van der Waals surface area (Å²) in [5.74, 6) is -1.63. The van der Waals surface area contributed by atoms with Crippen molar-refractivity contribution in [2.75, 3.05) is 13.6 Å². The number of hydrogen-bond acceptors (Lipinski definition) is 4. The van der Waals surface area contributed by atoms with E-state index < -0.39 is 21.9 Å². The molecule has 1 unspecified atom stereocenters. The molecule has 0 saturated heterocycles. The number of rotatable bonds is 6. The van der Waals surface area contributed by atoms with Gasteiger partial charge in [0.1, 0.15) is 10.6 Å². The van der Waals surface area contributed by atoms with Gasteiger partial charge < -0.3 is 9.67 Å². The standard InChI is InChI=1S/C13H19N3O4S/c1-9(2)16-8-11(5-12(16)13(17)18)21(19,20)15(4)7-10(3)6-14/h5,8-10H,7H2,1-4H3,(H,17,18). The van der Waals surface area contributed by atoms with Crippen molar-refractivity contribution in [3.8, 4) is 6.07 Å². The van der Waals surface area contributed by atoms with Crippen molar-refractivity contribution in [3.63, 3.8) is 0 Å². The molecule has 1 aromatic rings. The second kappa shape index (κ2) is 6.28. The van der Waals surface area contributed by atoms with Gasteiger partial charge in [0.2, 0.25) is 10.0 Å². The maximum atomic E-state index is 12.4. The van der Waals surface area contributed by atoms with Gasteiger partial charge in [0.25, 0.3) is 0 Å². The first-order chi connectivity index (χ1) is 9.61. The first-order valence-electron chi connectivity index (χ1n) is 6.42. The Morgan fingerprint density at radius 3 is 2.43 bits per heavy atom. The smallest absolute Gasteiger partial charge is 0.352 e. The zero-order valence-corrected chi connectivity index (χ0v) is 13.3. The molecule has 0 spiro atoms. The number of carboxylic acid groups (broad SMARTS) is 1. The molecule has 0 aliphatic rings. The summed E-state index contributed by atoms with van der Waals surface area (Å²) < 4.78 is 27.3. The number of carbonyl (C=O) groups is 1. The van der Waals surface area contributed by atoms with Crippen LogP contribution < -0.4 is 0 Å². The maximum absolute atomic E-state index is 12.4. The molecule has 0 aliphatic heterocycles. The fraction of sp³-hybridized carbons (Fsp3) is 0.538. The second-order valence-corrected chi connectivity index (χ2v) is 7.23. The molecule has 0 aromatic carbocycles. The normalized spacial score (nSPS) is 13.4. The number of sulfonamides is 1. The first kappa shape index (κ1) is 17.2. The Morgan fingerprint density at radius 1 is 1.48 bits per heavy atom. The van der Waals surface area contributed by atoms with Gasteiger partial charge in [-0.1, -0.05) is 0 Å².